The molecular formula is C26H18F9N3O3. The van der Waals surface area contributed by atoms with E-state index in [2.05, 4.69) is 15.3 Å². The van der Waals surface area contributed by atoms with Crippen molar-refractivity contribution in [3.8, 4) is 0 Å². The number of alkyl halides is 9. The summed E-state index contributed by atoms with van der Waals surface area (Å²) in [5.74, 6) is -0.585. The van der Waals surface area contributed by atoms with Gasteiger partial charge in [-0.15, -0.1) is 0 Å². The largest absolute Gasteiger partial charge is 0.435 e. The molecule has 1 saturated carbocycles. The van der Waals surface area contributed by atoms with E-state index in [4.69, 9.17) is 0 Å². The minimum atomic E-state index is -5.48. The zero-order valence-electron chi connectivity index (χ0n) is 20.6. The van der Waals surface area contributed by atoms with Gasteiger partial charge in [-0.3, -0.25) is 9.59 Å². The van der Waals surface area contributed by atoms with E-state index in [1.165, 1.54) is 18.2 Å². The van der Waals surface area contributed by atoms with Crippen molar-refractivity contribution in [2.24, 2.45) is 11.1 Å². The lowest BCUT2D eigenvalue weighted by molar-refractivity contribution is -0.276. The summed E-state index contributed by atoms with van der Waals surface area (Å²) in [6.45, 7) is 0.442. The van der Waals surface area contributed by atoms with Crippen LogP contribution in [0.1, 0.15) is 57.4 Å². The van der Waals surface area contributed by atoms with Crippen LogP contribution in [0.25, 0.3) is 0 Å². The van der Waals surface area contributed by atoms with Gasteiger partial charge in [0.25, 0.3) is 11.5 Å². The van der Waals surface area contributed by atoms with Crippen LogP contribution in [0.4, 0.5) is 39.5 Å². The van der Waals surface area contributed by atoms with Crippen LogP contribution in [0.2, 0.25) is 0 Å². The fourth-order valence-corrected chi connectivity index (χ4v) is 5.53. The van der Waals surface area contributed by atoms with Gasteiger partial charge in [0.15, 0.2) is 0 Å². The summed E-state index contributed by atoms with van der Waals surface area (Å²) in [5.41, 5.74) is -9.63. The van der Waals surface area contributed by atoms with Crippen LogP contribution in [0.5, 0.6) is 0 Å². The fourth-order valence-electron chi connectivity index (χ4n) is 5.53. The van der Waals surface area contributed by atoms with Crippen LogP contribution >= 0.6 is 0 Å². The lowest BCUT2D eigenvalue weighted by Crippen LogP contribution is -2.66. The van der Waals surface area contributed by atoms with Crippen LogP contribution in [-0.4, -0.2) is 41.7 Å². The van der Waals surface area contributed by atoms with Crippen molar-refractivity contribution < 1.29 is 53.9 Å². The molecule has 0 aromatic heterocycles. The van der Waals surface area contributed by atoms with E-state index in [0.717, 1.165) is 12.8 Å². The van der Waals surface area contributed by atoms with Crippen molar-refractivity contribution in [2.45, 2.75) is 48.9 Å². The average molecular weight is 591 g/mol. The molecule has 3 aliphatic heterocycles. The maximum Gasteiger partial charge on any atom is 0.435 e. The molecule has 1 saturated heterocycles. The molecule has 1 N–H and O–H groups in total. The smallest absolute Gasteiger partial charge is 0.374 e. The Kier molecular flexibility index (Phi) is 5.60. The lowest BCUT2D eigenvalue weighted by Gasteiger charge is -2.48. The summed E-state index contributed by atoms with van der Waals surface area (Å²) in [5, 5.41) is 6.22. The number of amides is 2. The highest BCUT2D eigenvalue weighted by Gasteiger charge is 2.63. The van der Waals surface area contributed by atoms with E-state index in [9.17, 15) is 49.1 Å². The predicted molar refractivity (Wildman–Crippen MR) is 121 cm³/mol. The summed E-state index contributed by atoms with van der Waals surface area (Å²) < 4.78 is 123. The highest BCUT2D eigenvalue weighted by molar-refractivity contribution is 6.06. The van der Waals surface area contributed by atoms with Crippen molar-refractivity contribution in [1.29, 1.82) is 0 Å². The zero-order chi connectivity index (χ0) is 29.8. The average Bonchev–Trinajstić information content (AvgIpc) is 3.52. The third-order valence-electron chi connectivity index (χ3n) is 7.87. The Balaban J connectivity index is 1.33. The molecule has 4 aliphatic rings. The molecule has 1 unspecified atom stereocenters. The molecule has 6 nitrogen and oxygen atoms in total. The van der Waals surface area contributed by atoms with Crippen molar-refractivity contribution >= 4 is 17.5 Å². The number of benzene rings is 2. The Labute approximate surface area is 225 Å². The first-order chi connectivity index (χ1) is 18.9. The predicted octanol–water partition coefficient (Wildman–Crippen LogP) is 5.50. The molecule has 0 radical (unpaired) electrons. The first-order valence-corrected chi connectivity index (χ1v) is 12.3. The van der Waals surface area contributed by atoms with Crippen molar-refractivity contribution in [1.82, 2.24) is 10.2 Å². The van der Waals surface area contributed by atoms with Gasteiger partial charge in [0.2, 0.25) is 5.91 Å². The van der Waals surface area contributed by atoms with E-state index in [1.807, 2.05) is 0 Å². The molecule has 2 fully saturated rings. The van der Waals surface area contributed by atoms with Gasteiger partial charge >= 0.3 is 18.5 Å². The second-order valence-corrected chi connectivity index (χ2v) is 10.7. The Hall–Kier alpha value is -3.78. The van der Waals surface area contributed by atoms with Crippen LogP contribution in [-0.2, 0) is 33.1 Å². The van der Waals surface area contributed by atoms with Gasteiger partial charge in [0.1, 0.15) is 5.54 Å². The first kappa shape index (κ1) is 27.4. The number of hydrogen-bond acceptors (Lipinski definition) is 4. The maximum absolute atomic E-state index is 14.4. The number of rotatable bonds is 3. The Morgan fingerprint density at radius 3 is 2.07 bits per heavy atom. The van der Waals surface area contributed by atoms with Gasteiger partial charge < -0.3 is 15.1 Å². The van der Waals surface area contributed by atoms with Gasteiger partial charge in [-0.25, -0.2) is 0 Å². The molecule has 1 aliphatic carbocycles. The number of hydrogen-bond donors (Lipinski definition) is 1. The van der Waals surface area contributed by atoms with E-state index >= 15 is 0 Å². The van der Waals surface area contributed by atoms with E-state index < -0.39 is 64.4 Å². The molecule has 0 bridgehead atoms. The van der Waals surface area contributed by atoms with Gasteiger partial charge in [0, 0.05) is 42.1 Å². The third kappa shape index (κ3) is 4.31. The van der Waals surface area contributed by atoms with Gasteiger partial charge in [-0.1, -0.05) is 17.3 Å². The number of fused-ring (bicyclic) bond motifs is 2. The standard InChI is InChI=1S/C26H18F9N3O3/c27-24(28,29)15-6-14(7-16(8-15)25(30,31)32)23(26(33,34)35)9-19(37-41-23)13-3-4-18-17(5-13)20(39)36-22(18)10-38(11-22)21(40)12-1-2-12/h3-8,12H,1-2,9-11H2,(H,36,39). The van der Waals surface area contributed by atoms with Crippen molar-refractivity contribution in [2.75, 3.05) is 13.1 Å². The Morgan fingerprint density at radius 1 is 0.927 bits per heavy atom. The monoisotopic (exact) mass is 591 g/mol. The second kappa shape index (κ2) is 8.38. The van der Waals surface area contributed by atoms with E-state index in [0.29, 0.717) is 5.56 Å². The number of likely N-dealkylation sites (tertiary alicyclic amines) is 1. The molecule has 218 valence electrons. The van der Waals surface area contributed by atoms with Crippen LogP contribution in [0.15, 0.2) is 41.6 Å². The van der Waals surface area contributed by atoms with E-state index in [-0.39, 0.29) is 54.2 Å². The summed E-state index contributed by atoms with van der Waals surface area (Å²) in [4.78, 5) is 31.4. The SMILES string of the molecule is O=C1NC2(CN(C(=O)C3CC3)C2)c2ccc(C3=NOC(c4cc(C(F)(F)F)cc(C(F)(F)F)c4)(C(F)(F)F)C3)cc21. The zero-order valence-corrected chi connectivity index (χ0v) is 20.6. The van der Waals surface area contributed by atoms with Crippen LogP contribution < -0.4 is 5.32 Å². The molecule has 1 spiro atoms. The molecule has 3 heterocycles. The molecular weight excluding hydrogens is 573 g/mol. The van der Waals surface area contributed by atoms with Gasteiger partial charge in [-0.05, 0) is 42.7 Å². The number of carbonyl (C=O) groups excluding carboxylic acids is 2. The lowest BCUT2D eigenvalue weighted by atomic mass is 9.81. The Morgan fingerprint density at radius 2 is 1.54 bits per heavy atom. The number of halogens is 9. The molecule has 15 heteroatoms. The van der Waals surface area contributed by atoms with Gasteiger partial charge in [0.05, 0.1) is 16.8 Å². The topological polar surface area (TPSA) is 71.0 Å². The maximum atomic E-state index is 14.4. The normalized spacial score (nSPS) is 23.6. The number of carbonyl (C=O) groups is 2. The molecule has 41 heavy (non-hydrogen) atoms. The number of nitrogens with zero attached hydrogens (tertiary/aromatic N) is 2. The molecule has 6 rings (SSSR count). The fraction of sp³-hybridized carbons (Fsp3) is 0.423. The van der Waals surface area contributed by atoms with Crippen LogP contribution in [0.3, 0.4) is 0 Å². The summed E-state index contributed by atoms with van der Waals surface area (Å²) in [7, 11) is 0. The van der Waals surface area contributed by atoms with Crippen molar-refractivity contribution in [3.63, 3.8) is 0 Å². The second-order valence-electron chi connectivity index (χ2n) is 10.7. The van der Waals surface area contributed by atoms with E-state index in [1.54, 1.807) is 4.90 Å². The summed E-state index contributed by atoms with van der Waals surface area (Å²) in [6.07, 6.45) is -15.9. The number of nitrogens with one attached hydrogen (secondary N) is 1. The van der Waals surface area contributed by atoms with Crippen molar-refractivity contribution in [3.05, 3.63) is 69.8 Å². The Bertz CT molecular complexity index is 1470. The van der Waals surface area contributed by atoms with Crippen LogP contribution in [0, 0.1) is 5.92 Å². The molecule has 2 aromatic rings. The molecule has 2 aromatic carbocycles. The summed E-state index contributed by atoms with van der Waals surface area (Å²) >= 11 is 0. The first-order valence-electron chi connectivity index (χ1n) is 12.3. The molecule has 1 atom stereocenters. The highest BCUT2D eigenvalue weighted by Crippen LogP contribution is 2.51. The summed E-state index contributed by atoms with van der Waals surface area (Å²) in [6, 6.07) is 3.71. The minimum absolute atomic E-state index is 0.0147. The highest BCUT2D eigenvalue weighted by atomic mass is 19.4. The number of oxime groups is 1. The quantitative estimate of drug-likeness (QED) is 0.480. The third-order valence-corrected chi connectivity index (χ3v) is 7.87. The minimum Gasteiger partial charge on any atom is -0.374 e. The van der Waals surface area contributed by atoms with Gasteiger partial charge in [-0.2, -0.15) is 39.5 Å². The molecule has 2 amide bonds.